The van der Waals surface area contributed by atoms with Crippen molar-refractivity contribution in [2.75, 3.05) is 13.1 Å². The molecular formula is C20H25FN4O2. The van der Waals surface area contributed by atoms with Gasteiger partial charge in [0.25, 0.3) is 5.91 Å². The van der Waals surface area contributed by atoms with E-state index >= 15 is 0 Å². The second kappa shape index (κ2) is 8.79. The summed E-state index contributed by atoms with van der Waals surface area (Å²) in [6.07, 6.45) is 4.69. The van der Waals surface area contributed by atoms with Gasteiger partial charge in [-0.2, -0.15) is 5.10 Å². The Morgan fingerprint density at radius 2 is 1.96 bits per heavy atom. The number of aromatic nitrogens is 2. The van der Waals surface area contributed by atoms with E-state index in [9.17, 15) is 14.0 Å². The highest BCUT2D eigenvalue weighted by Gasteiger charge is 2.25. The Labute approximate surface area is 158 Å². The molecule has 0 saturated carbocycles. The van der Waals surface area contributed by atoms with E-state index in [4.69, 9.17) is 0 Å². The van der Waals surface area contributed by atoms with Crippen LogP contribution in [0.5, 0.6) is 0 Å². The fourth-order valence-electron chi connectivity index (χ4n) is 3.39. The number of carbonyl (C=O) groups is 2. The smallest absolute Gasteiger partial charge is 0.257 e. The maximum absolute atomic E-state index is 12.9. The summed E-state index contributed by atoms with van der Waals surface area (Å²) in [5.74, 6) is 0.206. The van der Waals surface area contributed by atoms with Gasteiger partial charge in [-0.1, -0.05) is 12.1 Å². The lowest BCUT2D eigenvalue weighted by molar-refractivity contribution is -0.121. The Morgan fingerprint density at radius 3 is 2.59 bits per heavy atom. The molecule has 0 unspecified atom stereocenters. The lowest BCUT2D eigenvalue weighted by Gasteiger charge is -2.31. The van der Waals surface area contributed by atoms with E-state index in [1.165, 1.54) is 12.1 Å². The first kappa shape index (κ1) is 19.1. The number of carbonyl (C=O) groups excluding carboxylic acids is 2. The van der Waals surface area contributed by atoms with Crippen molar-refractivity contribution < 1.29 is 14.0 Å². The molecule has 2 N–H and O–H groups in total. The van der Waals surface area contributed by atoms with Crippen LogP contribution >= 0.6 is 0 Å². The number of piperidine rings is 1. The number of nitrogens with one attached hydrogen (secondary N) is 2. The van der Waals surface area contributed by atoms with E-state index < -0.39 is 0 Å². The number of benzene rings is 1. The summed E-state index contributed by atoms with van der Waals surface area (Å²) in [4.78, 5) is 26.4. The standard InChI is InChI=1S/C20H25FN4O2/c1-14-18(13-23-24-14)20(27)25-10-8-15(9-11-25)4-7-19(26)22-12-16-2-5-17(21)6-3-16/h2-3,5-6,13,15H,4,7-12H2,1H3,(H,22,26)(H,23,24). The average molecular weight is 372 g/mol. The van der Waals surface area contributed by atoms with Crippen LogP contribution < -0.4 is 5.32 Å². The largest absolute Gasteiger partial charge is 0.352 e. The monoisotopic (exact) mass is 372 g/mol. The summed E-state index contributed by atoms with van der Waals surface area (Å²) >= 11 is 0. The number of amides is 2. The van der Waals surface area contributed by atoms with Crippen LogP contribution in [-0.2, 0) is 11.3 Å². The molecule has 144 valence electrons. The molecule has 0 aliphatic carbocycles. The van der Waals surface area contributed by atoms with Crippen molar-refractivity contribution >= 4 is 11.8 Å². The van der Waals surface area contributed by atoms with Gasteiger partial charge in [0.2, 0.25) is 5.91 Å². The van der Waals surface area contributed by atoms with Crippen molar-refractivity contribution in [3.63, 3.8) is 0 Å². The summed E-state index contributed by atoms with van der Waals surface area (Å²) in [5.41, 5.74) is 2.31. The minimum absolute atomic E-state index is 0.00635. The molecule has 27 heavy (non-hydrogen) atoms. The van der Waals surface area contributed by atoms with E-state index in [1.807, 2.05) is 11.8 Å². The van der Waals surface area contributed by atoms with Crippen molar-refractivity contribution in [1.29, 1.82) is 0 Å². The molecule has 2 amide bonds. The molecule has 1 aliphatic rings. The molecule has 1 saturated heterocycles. The highest BCUT2D eigenvalue weighted by molar-refractivity contribution is 5.95. The Morgan fingerprint density at radius 1 is 1.26 bits per heavy atom. The quantitative estimate of drug-likeness (QED) is 0.818. The lowest BCUT2D eigenvalue weighted by Crippen LogP contribution is -2.38. The predicted octanol–water partition coefficient (Wildman–Crippen LogP) is 2.81. The van der Waals surface area contributed by atoms with E-state index in [0.29, 0.717) is 37.5 Å². The molecule has 0 spiro atoms. The predicted molar refractivity (Wildman–Crippen MR) is 99.4 cm³/mol. The zero-order chi connectivity index (χ0) is 19.2. The summed E-state index contributed by atoms with van der Waals surface area (Å²) in [6, 6.07) is 6.12. The van der Waals surface area contributed by atoms with Crippen LogP contribution in [0.25, 0.3) is 0 Å². The Hall–Kier alpha value is -2.70. The minimum Gasteiger partial charge on any atom is -0.352 e. The number of likely N-dealkylation sites (tertiary alicyclic amines) is 1. The Balaban J connectivity index is 1.36. The van der Waals surface area contributed by atoms with Crippen molar-refractivity contribution in [3.05, 3.63) is 53.1 Å². The van der Waals surface area contributed by atoms with E-state index in [2.05, 4.69) is 15.5 Å². The summed E-state index contributed by atoms with van der Waals surface area (Å²) in [7, 11) is 0. The van der Waals surface area contributed by atoms with Crippen LogP contribution in [0.15, 0.2) is 30.5 Å². The van der Waals surface area contributed by atoms with Gasteiger partial charge in [0.05, 0.1) is 11.8 Å². The number of H-pyrrole nitrogens is 1. The van der Waals surface area contributed by atoms with Gasteiger partial charge in [-0.25, -0.2) is 4.39 Å². The number of aryl methyl sites for hydroxylation is 1. The summed E-state index contributed by atoms with van der Waals surface area (Å²) in [6.45, 7) is 3.68. The van der Waals surface area contributed by atoms with Gasteiger partial charge in [-0.15, -0.1) is 0 Å². The zero-order valence-corrected chi connectivity index (χ0v) is 15.5. The fourth-order valence-corrected chi connectivity index (χ4v) is 3.39. The third-order valence-electron chi connectivity index (χ3n) is 5.14. The van der Waals surface area contributed by atoms with Crippen LogP contribution in [0.2, 0.25) is 0 Å². The third kappa shape index (κ3) is 5.15. The molecule has 1 fully saturated rings. The van der Waals surface area contributed by atoms with Crippen LogP contribution in [0.4, 0.5) is 4.39 Å². The number of hydrogen-bond donors (Lipinski definition) is 2. The van der Waals surface area contributed by atoms with E-state index in [0.717, 1.165) is 30.5 Å². The third-order valence-corrected chi connectivity index (χ3v) is 5.14. The second-order valence-electron chi connectivity index (χ2n) is 7.09. The first-order valence-electron chi connectivity index (χ1n) is 9.33. The van der Waals surface area contributed by atoms with E-state index in [-0.39, 0.29) is 17.6 Å². The minimum atomic E-state index is -0.280. The van der Waals surface area contributed by atoms with Crippen molar-refractivity contribution in [3.8, 4) is 0 Å². The molecule has 1 aliphatic heterocycles. The van der Waals surface area contributed by atoms with Crippen LogP contribution in [0.3, 0.4) is 0 Å². The number of halogens is 1. The van der Waals surface area contributed by atoms with Crippen LogP contribution in [-0.4, -0.2) is 40.0 Å². The number of aromatic amines is 1. The molecule has 6 nitrogen and oxygen atoms in total. The first-order valence-corrected chi connectivity index (χ1v) is 9.33. The Kier molecular flexibility index (Phi) is 6.21. The average Bonchev–Trinajstić information content (AvgIpc) is 3.11. The highest BCUT2D eigenvalue weighted by Crippen LogP contribution is 2.23. The van der Waals surface area contributed by atoms with Gasteiger partial charge in [0.15, 0.2) is 0 Å². The van der Waals surface area contributed by atoms with Crippen molar-refractivity contribution in [2.24, 2.45) is 5.92 Å². The molecule has 1 aromatic carbocycles. The lowest BCUT2D eigenvalue weighted by atomic mass is 9.91. The van der Waals surface area contributed by atoms with E-state index in [1.54, 1.807) is 18.3 Å². The Bertz CT molecular complexity index is 780. The molecule has 2 heterocycles. The SMILES string of the molecule is Cc1[nH]ncc1C(=O)N1CCC(CCC(=O)NCc2ccc(F)cc2)CC1. The van der Waals surface area contributed by atoms with Crippen LogP contribution in [0, 0.1) is 18.7 Å². The van der Waals surface area contributed by atoms with Gasteiger partial charge in [0, 0.05) is 31.7 Å². The van der Waals surface area contributed by atoms with Crippen LogP contribution in [0.1, 0.15) is 47.3 Å². The van der Waals surface area contributed by atoms with Gasteiger partial charge in [-0.3, -0.25) is 14.7 Å². The number of nitrogens with zero attached hydrogens (tertiary/aromatic N) is 2. The number of hydrogen-bond acceptors (Lipinski definition) is 3. The highest BCUT2D eigenvalue weighted by atomic mass is 19.1. The second-order valence-corrected chi connectivity index (χ2v) is 7.09. The van der Waals surface area contributed by atoms with Crippen molar-refractivity contribution in [1.82, 2.24) is 20.4 Å². The van der Waals surface area contributed by atoms with Crippen molar-refractivity contribution in [2.45, 2.75) is 39.2 Å². The first-order chi connectivity index (χ1) is 13.0. The molecular weight excluding hydrogens is 347 g/mol. The summed E-state index contributed by atoms with van der Waals surface area (Å²) in [5, 5.41) is 9.58. The van der Waals surface area contributed by atoms with Gasteiger partial charge >= 0.3 is 0 Å². The number of rotatable bonds is 6. The zero-order valence-electron chi connectivity index (χ0n) is 15.5. The maximum atomic E-state index is 12.9. The molecule has 1 aromatic heterocycles. The van der Waals surface area contributed by atoms with Gasteiger partial charge in [0.1, 0.15) is 5.82 Å². The van der Waals surface area contributed by atoms with Gasteiger partial charge in [-0.05, 0) is 49.8 Å². The molecule has 0 radical (unpaired) electrons. The maximum Gasteiger partial charge on any atom is 0.257 e. The normalized spacial score (nSPS) is 15.0. The topological polar surface area (TPSA) is 78.1 Å². The molecule has 2 aromatic rings. The fraction of sp³-hybridized carbons (Fsp3) is 0.450. The summed E-state index contributed by atoms with van der Waals surface area (Å²) < 4.78 is 12.9. The molecule has 0 bridgehead atoms. The molecule has 7 heteroatoms. The molecule has 0 atom stereocenters. The molecule has 3 rings (SSSR count). The van der Waals surface area contributed by atoms with Gasteiger partial charge < -0.3 is 10.2 Å².